The number of hydrogen-bond donors (Lipinski definition) is 0. The molecule has 0 unspecified atom stereocenters. The first-order chi connectivity index (χ1) is 12.5. The van der Waals surface area contributed by atoms with Crippen LogP contribution in [0.5, 0.6) is 0 Å². The zero-order valence-electron chi connectivity index (χ0n) is 14.6. The van der Waals surface area contributed by atoms with Gasteiger partial charge in [-0.25, -0.2) is 4.98 Å². The van der Waals surface area contributed by atoms with Crippen molar-refractivity contribution in [2.75, 3.05) is 6.54 Å². The molecule has 1 aromatic heterocycles. The van der Waals surface area contributed by atoms with Crippen LogP contribution in [0.25, 0.3) is 0 Å². The predicted octanol–water partition coefficient (Wildman–Crippen LogP) is 2.63. The van der Waals surface area contributed by atoms with Crippen molar-refractivity contribution in [2.24, 2.45) is 0 Å². The number of halogens is 1. The molecule has 1 saturated heterocycles. The first kappa shape index (κ1) is 17.1. The molecule has 6 nitrogen and oxygen atoms in total. The Bertz CT molecular complexity index is 846. The Balaban J connectivity index is 1.49. The molecule has 2 heterocycles. The quantitative estimate of drug-likeness (QED) is 0.810. The van der Waals surface area contributed by atoms with Gasteiger partial charge < -0.3 is 14.4 Å². The minimum Gasteiger partial charge on any atom is -0.330 e. The van der Waals surface area contributed by atoms with E-state index in [9.17, 15) is 9.59 Å². The number of nitrogens with zero attached hydrogens (tertiary/aromatic N) is 4. The van der Waals surface area contributed by atoms with Crippen LogP contribution in [0.1, 0.15) is 37.2 Å². The summed E-state index contributed by atoms with van der Waals surface area (Å²) >= 11 is 6.20. The van der Waals surface area contributed by atoms with E-state index in [0.717, 1.165) is 24.2 Å². The minimum absolute atomic E-state index is 0.0606. The normalized spacial score (nSPS) is 20.8. The fourth-order valence-electron chi connectivity index (χ4n) is 3.44. The highest BCUT2D eigenvalue weighted by molar-refractivity contribution is 6.31. The van der Waals surface area contributed by atoms with Crippen molar-refractivity contribution in [3.63, 3.8) is 0 Å². The lowest BCUT2D eigenvalue weighted by Crippen LogP contribution is -2.58. The zero-order valence-corrected chi connectivity index (χ0v) is 15.4. The summed E-state index contributed by atoms with van der Waals surface area (Å²) in [6.07, 6.45) is 6.02. The number of rotatable bonds is 5. The summed E-state index contributed by atoms with van der Waals surface area (Å²) in [5.41, 5.74) is 0.847. The van der Waals surface area contributed by atoms with Gasteiger partial charge in [-0.2, -0.15) is 0 Å². The van der Waals surface area contributed by atoms with Crippen molar-refractivity contribution in [2.45, 2.75) is 44.9 Å². The minimum atomic E-state index is -0.511. The monoisotopic (exact) mass is 372 g/mol. The van der Waals surface area contributed by atoms with Gasteiger partial charge in [-0.1, -0.05) is 29.8 Å². The van der Waals surface area contributed by atoms with Gasteiger partial charge in [-0.05, 0) is 31.4 Å². The molecule has 4 rings (SSSR count). The average Bonchev–Trinajstić information content (AvgIpc) is 3.37. The molecule has 1 aliphatic heterocycles. The van der Waals surface area contributed by atoms with Gasteiger partial charge in [0.15, 0.2) is 0 Å². The Labute approximate surface area is 157 Å². The molecular weight excluding hydrogens is 352 g/mol. The van der Waals surface area contributed by atoms with Gasteiger partial charge in [0.25, 0.3) is 0 Å². The second-order valence-electron chi connectivity index (χ2n) is 6.97. The molecule has 2 amide bonds. The number of carbonyl (C=O) groups excluding carboxylic acids is 2. The maximum Gasteiger partial charge on any atom is 0.245 e. The molecule has 0 spiro atoms. The Morgan fingerprint density at radius 2 is 1.96 bits per heavy atom. The van der Waals surface area contributed by atoms with Gasteiger partial charge in [0.2, 0.25) is 11.8 Å². The highest BCUT2D eigenvalue weighted by Crippen LogP contribution is 2.36. The average molecular weight is 373 g/mol. The van der Waals surface area contributed by atoms with Crippen LogP contribution in [0, 0.1) is 0 Å². The molecule has 1 aromatic carbocycles. The number of benzene rings is 1. The maximum absolute atomic E-state index is 12.8. The molecule has 2 fully saturated rings. The third-order valence-electron chi connectivity index (χ3n) is 5.10. The summed E-state index contributed by atoms with van der Waals surface area (Å²) in [6.45, 7) is 2.57. The van der Waals surface area contributed by atoms with E-state index in [4.69, 9.17) is 11.6 Å². The molecule has 1 atom stereocenters. The van der Waals surface area contributed by atoms with Gasteiger partial charge in [0.1, 0.15) is 18.4 Å². The third-order valence-corrected chi connectivity index (χ3v) is 5.47. The molecule has 136 valence electrons. The maximum atomic E-state index is 12.8. The second kappa shape index (κ2) is 6.76. The van der Waals surface area contributed by atoms with Crippen LogP contribution in [0.2, 0.25) is 5.02 Å². The molecule has 2 aromatic rings. The van der Waals surface area contributed by atoms with Gasteiger partial charge in [-0.15, -0.1) is 0 Å². The van der Waals surface area contributed by atoms with Crippen molar-refractivity contribution in [1.82, 2.24) is 19.4 Å². The zero-order chi connectivity index (χ0) is 18.3. The van der Waals surface area contributed by atoms with Crippen molar-refractivity contribution >= 4 is 23.4 Å². The summed E-state index contributed by atoms with van der Waals surface area (Å²) in [7, 11) is 0. The number of imidazole rings is 1. The van der Waals surface area contributed by atoms with E-state index in [2.05, 4.69) is 9.55 Å². The van der Waals surface area contributed by atoms with Crippen molar-refractivity contribution in [3.05, 3.63) is 53.1 Å². The fraction of sp³-hybridized carbons (Fsp3) is 0.421. The Morgan fingerprint density at radius 1 is 1.19 bits per heavy atom. The Morgan fingerprint density at radius 3 is 2.69 bits per heavy atom. The first-order valence-electron chi connectivity index (χ1n) is 8.88. The lowest BCUT2D eigenvalue weighted by molar-refractivity contribution is -0.156. The molecule has 0 radical (unpaired) electrons. The van der Waals surface area contributed by atoms with Crippen molar-refractivity contribution in [1.29, 1.82) is 0 Å². The number of carbonyl (C=O) groups is 2. The summed E-state index contributed by atoms with van der Waals surface area (Å²) in [5, 5.41) is 0.606. The van der Waals surface area contributed by atoms with Crippen LogP contribution in [-0.2, 0) is 22.7 Å². The number of hydrogen-bond acceptors (Lipinski definition) is 3. The van der Waals surface area contributed by atoms with Crippen LogP contribution < -0.4 is 0 Å². The number of piperazine rings is 1. The van der Waals surface area contributed by atoms with E-state index in [1.165, 1.54) is 0 Å². The molecule has 7 heteroatoms. The Hall–Kier alpha value is -2.34. The largest absolute Gasteiger partial charge is 0.330 e. The summed E-state index contributed by atoms with van der Waals surface area (Å²) in [4.78, 5) is 33.1. The molecule has 1 saturated carbocycles. The SMILES string of the molecule is C[C@H]1C(=O)N(Cc2ccccc2Cl)CC(=O)N1Cc1nccn1C1CC1. The third kappa shape index (κ3) is 3.21. The van der Waals surface area contributed by atoms with Gasteiger partial charge in [-0.3, -0.25) is 9.59 Å². The summed E-state index contributed by atoms with van der Waals surface area (Å²) in [5.74, 6) is 0.726. The van der Waals surface area contributed by atoms with Gasteiger partial charge in [0.05, 0.1) is 6.54 Å². The number of aromatic nitrogens is 2. The van der Waals surface area contributed by atoms with Crippen LogP contribution in [0.3, 0.4) is 0 Å². The fourth-order valence-corrected chi connectivity index (χ4v) is 3.64. The standard InChI is InChI=1S/C19H21ClN4O2/c1-13-19(26)22(10-14-4-2-3-5-16(14)20)12-18(25)24(13)11-17-21-8-9-23(17)15-6-7-15/h2-5,8-9,13,15H,6-7,10-12H2,1H3/t13-/m0/s1. The molecule has 0 bridgehead atoms. The molecule has 2 aliphatic rings. The van der Waals surface area contributed by atoms with Crippen LogP contribution in [0.15, 0.2) is 36.7 Å². The second-order valence-corrected chi connectivity index (χ2v) is 7.37. The highest BCUT2D eigenvalue weighted by atomic mass is 35.5. The van der Waals surface area contributed by atoms with Crippen LogP contribution in [-0.4, -0.2) is 43.8 Å². The molecule has 26 heavy (non-hydrogen) atoms. The highest BCUT2D eigenvalue weighted by Gasteiger charge is 2.37. The Kier molecular flexibility index (Phi) is 4.44. The van der Waals surface area contributed by atoms with Crippen LogP contribution >= 0.6 is 11.6 Å². The topological polar surface area (TPSA) is 58.4 Å². The predicted molar refractivity (Wildman–Crippen MR) is 97.4 cm³/mol. The summed E-state index contributed by atoms with van der Waals surface area (Å²) < 4.78 is 2.13. The van der Waals surface area contributed by atoms with Crippen molar-refractivity contribution < 1.29 is 9.59 Å². The molecular formula is C19H21ClN4O2. The van der Waals surface area contributed by atoms with Gasteiger partial charge in [0, 0.05) is 30.0 Å². The lowest BCUT2D eigenvalue weighted by atomic mass is 10.1. The van der Waals surface area contributed by atoms with Gasteiger partial charge >= 0.3 is 0 Å². The van der Waals surface area contributed by atoms with Crippen LogP contribution in [0.4, 0.5) is 0 Å². The van der Waals surface area contributed by atoms with E-state index < -0.39 is 6.04 Å². The van der Waals surface area contributed by atoms with E-state index in [1.54, 1.807) is 29.0 Å². The van der Waals surface area contributed by atoms with E-state index in [1.807, 2.05) is 24.4 Å². The molecule has 1 aliphatic carbocycles. The van der Waals surface area contributed by atoms with E-state index in [0.29, 0.717) is 24.2 Å². The summed E-state index contributed by atoms with van der Waals surface area (Å²) in [6, 6.07) is 7.38. The number of amides is 2. The first-order valence-corrected chi connectivity index (χ1v) is 9.25. The smallest absolute Gasteiger partial charge is 0.245 e. The molecule has 0 N–H and O–H groups in total. The lowest BCUT2D eigenvalue weighted by Gasteiger charge is -2.38. The van der Waals surface area contributed by atoms with E-state index in [-0.39, 0.29) is 18.4 Å². The van der Waals surface area contributed by atoms with Crippen molar-refractivity contribution in [3.8, 4) is 0 Å². The van der Waals surface area contributed by atoms with E-state index >= 15 is 0 Å².